The van der Waals surface area contributed by atoms with Gasteiger partial charge in [-0.15, -0.1) is 11.6 Å². The number of nitrogens with one attached hydrogen (secondary N) is 1. The van der Waals surface area contributed by atoms with Crippen LogP contribution in [0.3, 0.4) is 0 Å². The smallest absolute Gasteiger partial charge is 0.0974 e. The van der Waals surface area contributed by atoms with Crippen molar-refractivity contribution in [3.05, 3.63) is 29.8 Å². The van der Waals surface area contributed by atoms with Gasteiger partial charge in [-0.3, -0.25) is 0 Å². The maximum Gasteiger partial charge on any atom is 0.0974 e. The molecule has 0 fully saturated rings. The molecule has 0 spiro atoms. The molecule has 1 aromatic rings. The number of benzene rings is 1. The third-order valence-corrected chi connectivity index (χ3v) is 1.76. The summed E-state index contributed by atoms with van der Waals surface area (Å²) in [6, 6.07) is 8.83. The van der Waals surface area contributed by atoms with Gasteiger partial charge in [0.25, 0.3) is 0 Å². The largest absolute Gasteiger partial charge is 0.517 e. The predicted octanol–water partition coefficient (Wildman–Crippen LogP) is 0.966. The van der Waals surface area contributed by atoms with Crippen molar-refractivity contribution in [2.45, 2.75) is 6.54 Å². The summed E-state index contributed by atoms with van der Waals surface area (Å²) in [4.78, 5) is 0. The molecule has 1 heterocycles. The van der Waals surface area contributed by atoms with Crippen molar-refractivity contribution >= 4 is 0 Å². The molecule has 1 radical (unpaired) electrons. The number of fused-ring (bicyclic) bond motifs is 1. The second kappa shape index (κ2) is 4.95. The van der Waals surface area contributed by atoms with Gasteiger partial charge in [0, 0.05) is 45.0 Å². The molecule has 0 aromatic heterocycles. The Morgan fingerprint density at radius 2 is 2.42 bits per heavy atom. The van der Waals surface area contributed by atoms with E-state index in [1.807, 2.05) is 18.2 Å². The van der Waals surface area contributed by atoms with E-state index in [-0.39, 0.29) is 32.7 Å². The maximum atomic E-state index is 5.47. The summed E-state index contributed by atoms with van der Waals surface area (Å²) in [6.45, 7) is 2.58. The number of rotatable bonds is 0. The zero-order chi connectivity index (χ0) is 7.52. The minimum Gasteiger partial charge on any atom is -0.517 e. The first-order valence-electron chi connectivity index (χ1n) is 3.79. The average Bonchev–Trinajstić information content (AvgIpc) is 2.28. The van der Waals surface area contributed by atoms with Crippen LogP contribution < -0.4 is 10.1 Å². The fourth-order valence-corrected chi connectivity index (χ4v) is 1.19. The molecular weight excluding hydrogens is 227 g/mol. The summed E-state index contributed by atoms with van der Waals surface area (Å²) in [7, 11) is 0. The van der Waals surface area contributed by atoms with E-state index in [2.05, 4.69) is 11.4 Å². The minimum atomic E-state index is 0. The number of ether oxygens (including phenoxy) is 1. The molecule has 0 saturated heterocycles. The molecule has 0 unspecified atom stereocenters. The molecule has 61 valence electrons. The van der Waals surface area contributed by atoms with Crippen LogP contribution in [0, 0.1) is 6.07 Å². The quantitative estimate of drug-likeness (QED) is 0.679. The summed E-state index contributed by atoms with van der Waals surface area (Å²) >= 11 is 0. The van der Waals surface area contributed by atoms with Crippen molar-refractivity contribution in [2.24, 2.45) is 0 Å². The molecule has 12 heavy (non-hydrogen) atoms. The standard InChI is InChI=1S/C9H10NO.Y/c1-2-4-9-8(3-1)7-10-5-6-11-9;/h2-4,10H,5-7H2;/q-1;. The Kier molecular flexibility index (Phi) is 4.20. The summed E-state index contributed by atoms with van der Waals surface area (Å²) < 4.78 is 5.47. The van der Waals surface area contributed by atoms with Crippen molar-refractivity contribution in [1.82, 2.24) is 5.32 Å². The van der Waals surface area contributed by atoms with Crippen LogP contribution in [0.5, 0.6) is 5.75 Å². The molecule has 0 amide bonds. The molecule has 3 heteroatoms. The van der Waals surface area contributed by atoms with E-state index in [0.29, 0.717) is 0 Å². The molecule has 1 aliphatic heterocycles. The van der Waals surface area contributed by atoms with Crippen molar-refractivity contribution in [1.29, 1.82) is 0 Å². The van der Waals surface area contributed by atoms with Crippen LogP contribution in [-0.4, -0.2) is 13.2 Å². The zero-order valence-electron chi connectivity index (χ0n) is 6.84. The minimum absolute atomic E-state index is 0. The van der Waals surface area contributed by atoms with Gasteiger partial charge in [0.2, 0.25) is 0 Å². The molecule has 0 atom stereocenters. The van der Waals surface area contributed by atoms with Crippen LogP contribution >= 0.6 is 0 Å². The summed E-state index contributed by atoms with van der Waals surface area (Å²) in [5, 5.41) is 3.26. The first kappa shape index (κ1) is 10.2. The second-order valence-corrected chi connectivity index (χ2v) is 2.56. The van der Waals surface area contributed by atoms with Gasteiger partial charge in [-0.2, -0.15) is 18.2 Å². The van der Waals surface area contributed by atoms with E-state index < -0.39 is 0 Å². The molecule has 1 aromatic carbocycles. The molecule has 1 aliphatic rings. The molecule has 0 bridgehead atoms. The van der Waals surface area contributed by atoms with Gasteiger partial charge < -0.3 is 10.1 Å². The van der Waals surface area contributed by atoms with Crippen molar-refractivity contribution in [2.75, 3.05) is 13.2 Å². The molecule has 0 saturated carbocycles. The third kappa shape index (κ3) is 2.28. The van der Waals surface area contributed by atoms with Gasteiger partial charge in [-0.05, 0) is 6.54 Å². The molecule has 1 N–H and O–H groups in total. The van der Waals surface area contributed by atoms with E-state index in [9.17, 15) is 0 Å². The molecule has 2 rings (SSSR count). The van der Waals surface area contributed by atoms with Crippen molar-refractivity contribution in [3.8, 4) is 5.75 Å². The topological polar surface area (TPSA) is 21.3 Å². The number of hydrogen-bond acceptors (Lipinski definition) is 2. The van der Waals surface area contributed by atoms with Crippen LogP contribution in [0.15, 0.2) is 18.2 Å². The van der Waals surface area contributed by atoms with Crippen molar-refractivity contribution < 1.29 is 37.4 Å². The normalized spacial score (nSPS) is 15.0. The Hall–Kier alpha value is 0.0839. The van der Waals surface area contributed by atoms with Crippen LogP contribution in [0.25, 0.3) is 0 Å². The first-order valence-corrected chi connectivity index (χ1v) is 3.79. The van der Waals surface area contributed by atoms with Crippen LogP contribution in [-0.2, 0) is 39.3 Å². The van der Waals surface area contributed by atoms with E-state index in [4.69, 9.17) is 4.74 Å². The molecule has 0 aliphatic carbocycles. The Bertz CT molecular complexity index is 227. The van der Waals surface area contributed by atoms with E-state index in [0.717, 1.165) is 25.4 Å². The van der Waals surface area contributed by atoms with Crippen LogP contribution in [0.1, 0.15) is 5.56 Å². The van der Waals surface area contributed by atoms with Gasteiger partial charge >= 0.3 is 0 Å². The van der Waals surface area contributed by atoms with E-state index >= 15 is 0 Å². The third-order valence-electron chi connectivity index (χ3n) is 1.76. The monoisotopic (exact) mass is 237 g/mol. The van der Waals surface area contributed by atoms with Crippen LogP contribution in [0.4, 0.5) is 0 Å². The van der Waals surface area contributed by atoms with Gasteiger partial charge in [0.05, 0.1) is 6.61 Å². The Balaban J connectivity index is 0.000000720. The Labute approximate surface area is 97.6 Å². The fraction of sp³-hybridized carbons (Fsp3) is 0.333. The van der Waals surface area contributed by atoms with Gasteiger partial charge in [0.15, 0.2) is 0 Å². The first-order chi connectivity index (χ1) is 5.47. The van der Waals surface area contributed by atoms with Gasteiger partial charge in [-0.25, -0.2) is 0 Å². The maximum absolute atomic E-state index is 5.47. The SMILES string of the molecule is [Y].[c-]1ccc2c(c1)CNCCO2. The number of hydrogen-bond donors (Lipinski definition) is 1. The molecular formula is C9H10NOY-. The van der Waals surface area contributed by atoms with Gasteiger partial charge in [0.1, 0.15) is 0 Å². The zero-order valence-corrected chi connectivity index (χ0v) is 9.68. The summed E-state index contributed by atoms with van der Waals surface area (Å²) in [6.07, 6.45) is 0. The van der Waals surface area contributed by atoms with Crippen LogP contribution in [0.2, 0.25) is 0 Å². The second-order valence-electron chi connectivity index (χ2n) is 2.56. The fourth-order valence-electron chi connectivity index (χ4n) is 1.19. The Morgan fingerprint density at radius 3 is 3.33 bits per heavy atom. The van der Waals surface area contributed by atoms with E-state index in [1.165, 1.54) is 5.56 Å². The summed E-state index contributed by atoms with van der Waals surface area (Å²) in [5.74, 6) is 0.994. The van der Waals surface area contributed by atoms with Crippen molar-refractivity contribution in [3.63, 3.8) is 0 Å². The Morgan fingerprint density at radius 1 is 1.50 bits per heavy atom. The van der Waals surface area contributed by atoms with Gasteiger partial charge in [-0.1, -0.05) is 0 Å². The average molecular weight is 237 g/mol. The molecule has 2 nitrogen and oxygen atoms in total. The summed E-state index contributed by atoms with van der Waals surface area (Å²) in [5.41, 5.74) is 1.20. The predicted molar refractivity (Wildman–Crippen MR) is 42.5 cm³/mol. The van der Waals surface area contributed by atoms with E-state index in [1.54, 1.807) is 0 Å².